The summed E-state index contributed by atoms with van der Waals surface area (Å²) in [7, 11) is 1.80. The molecule has 2 rings (SSSR count). The van der Waals surface area contributed by atoms with E-state index in [1.54, 1.807) is 23.9 Å². The summed E-state index contributed by atoms with van der Waals surface area (Å²) in [4.78, 5) is 12.2. The van der Waals surface area contributed by atoms with Crippen LogP contribution in [0.4, 0.5) is 0 Å². The molecule has 0 aliphatic carbocycles. The second-order valence-corrected chi connectivity index (χ2v) is 5.26. The first-order valence-electron chi connectivity index (χ1n) is 5.96. The van der Waals surface area contributed by atoms with Crippen molar-refractivity contribution in [3.05, 3.63) is 57.8 Å². The maximum Gasteiger partial charge on any atom is 0.187 e. The number of benzene rings is 1. The summed E-state index contributed by atoms with van der Waals surface area (Å²) in [6, 6.07) is 7.64. The van der Waals surface area contributed by atoms with Crippen molar-refractivity contribution in [1.29, 1.82) is 0 Å². The van der Waals surface area contributed by atoms with E-state index < -0.39 is 0 Å². The predicted molar refractivity (Wildman–Crippen MR) is 80.2 cm³/mol. The SMILES string of the molecule is C=Cc1cc(C(=O)Cc2cccc(Br)c2C)nn1C. The minimum Gasteiger partial charge on any atom is -0.292 e. The Bertz CT molecular complexity index is 644. The van der Waals surface area contributed by atoms with E-state index in [0.717, 1.165) is 21.3 Å². The molecule has 0 amide bonds. The van der Waals surface area contributed by atoms with Gasteiger partial charge in [-0.15, -0.1) is 0 Å². The zero-order valence-corrected chi connectivity index (χ0v) is 12.6. The summed E-state index contributed by atoms with van der Waals surface area (Å²) >= 11 is 3.47. The smallest absolute Gasteiger partial charge is 0.187 e. The molecule has 0 N–H and O–H groups in total. The van der Waals surface area contributed by atoms with E-state index in [4.69, 9.17) is 0 Å². The molecule has 4 heteroatoms. The molecule has 98 valence electrons. The van der Waals surface area contributed by atoms with Crippen LogP contribution >= 0.6 is 15.9 Å². The highest BCUT2D eigenvalue weighted by Crippen LogP contribution is 2.20. The number of hydrogen-bond acceptors (Lipinski definition) is 2. The van der Waals surface area contributed by atoms with Gasteiger partial charge in [0.05, 0.1) is 5.69 Å². The van der Waals surface area contributed by atoms with Gasteiger partial charge in [-0.2, -0.15) is 5.10 Å². The molecule has 0 atom stereocenters. The molecule has 3 nitrogen and oxygen atoms in total. The molecular weight excluding hydrogens is 304 g/mol. The maximum absolute atomic E-state index is 12.2. The van der Waals surface area contributed by atoms with Gasteiger partial charge in [0.2, 0.25) is 0 Å². The lowest BCUT2D eigenvalue weighted by Crippen LogP contribution is -2.06. The molecule has 0 radical (unpaired) electrons. The monoisotopic (exact) mass is 318 g/mol. The molecular formula is C15H15BrN2O. The van der Waals surface area contributed by atoms with E-state index >= 15 is 0 Å². The Hall–Kier alpha value is -1.68. The van der Waals surface area contributed by atoms with Crippen molar-refractivity contribution in [1.82, 2.24) is 9.78 Å². The van der Waals surface area contributed by atoms with Gasteiger partial charge in [0.15, 0.2) is 5.78 Å². The molecule has 1 heterocycles. The number of rotatable bonds is 4. The highest BCUT2D eigenvalue weighted by atomic mass is 79.9. The van der Waals surface area contributed by atoms with Crippen molar-refractivity contribution >= 4 is 27.8 Å². The fourth-order valence-electron chi connectivity index (χ4n) is 1.92. The third-order valence-electron chi connectivity index (χ3n) is 3.14. The van der Waals surface area contributed by atoms with Crippen LogP contribution in [-0.4, -0.2) is 15.6 Å². The van der Waals surface area contributed by atoms with Crippen molar-refractivity contribution in [2.45, 2.75) is 13.3 Å². The molecule has 0 saturated carbocycles. The summed E-state index contributed by atoms with van der Waals surface area (Å²) in [6.07, 6.45) is 2.05. The lowest BCUT2D eigenvalue weighted by molar-refractivity contribution is 0.0987. The van der Waals surface area contributed by atoms with E-state index in [1.807, 2.05) is 25.1 Å². The second kappa shape index (κ2) is 5.53. The molecule has 1 aromatic heterocycles. The van der Waals surface area contributed by atoms with Crippen molar-refractivity contribution in [3.8, 4) is 0 Å². The predicted octanol–water partition coefficient (Wildman–Crippen LogP) is 3.56. The van der Waals surface area contributed by atoms with E-state index in [2.05, 4.69) is 27.6 Å². The fourth-order valence-corrected chi connectivity index (χ4v) is 2.32. The largest absolute Gasteiger partial charge is 0.292 e. The summed E-state index contributed by atoms with van der Waals surface area (Å²) in [5, 5.41) is 4.21. The van der Waals surface area contributed by atoms with Gasteiger partial charge in [-0.1, -0.05) is 34.6 Å². The number of ketones is 1. The summed E-state index contributed by atoms with van der Waals surface area (Å²) in [5.74, 6) is 0.0184. The summed E-state index contributed by atoms with van der Waals surface area (Å²) in [5.41, 5.74) is 3.44. The number of carbonyl (C=O) groups excluding carboxylic acids is 1. The van der Waals surface area contributed by atoms with E-state index in [9.17, 15) is 4.79 Å². The number of aromatic nitrogens is 2. The van der Waals surface area contributed by atoms with E-state index in [-0.39, 0.29) is 5.78 Å². The average Bonchev–Trinajstić information content (AvgIpc) is 2.76. The van der Waals surface area contributed by atoms with Crippen LogP contribution < -0.4 is 0 Å². The first-order valence-corrected chi connectivity index (χ1v) is 6.76. The number of hydrogen-bond donors (Lipinski definition) is 0. The molecule has 2 aromatic rings. The Balaban J connectivity index is 2.25. The van der Waals surface area contributed by atoms with Crippen molar-refractivity contribution in [2.75, 3.05) is 0 Å². The van der Waals surface area contributed by atoms with Crippen molar-refractivity contribution in [2.24, 2.45) is 7.05 Å². The van der Waals surface area contributed by atoms with Crippen LogP contribution in [-0.2, 0) is 13.5 Å². The molecule has 0 aliphatic heterocycles. The number of carbonyl (C=O) groups is 1. The Morgan fingerprint density at radius 1 is 1.53 bits per heavy atom. The molecule has 1 aromatic carbocycles. The Labute approximate surface area is 121 Å². The van der Waals surface area contributed by atoms with Crippen LogP contribution in [0.15, 0.2) is 35.3 Å². The van der Waals surface area contributed by atoms with Gasteiger partial charge in [0, 0.05) is 17.9 Å². The molecule has 0 fully saturated rings. The maximum atomic E-state index is 12.2. The summed E-state index contributed by atoms with van der Waals surface area (Å²) < 4.78 is 2.68. The van der Waals surface area contributed by atoms with Crippen LogP contribution in [0.2, 0.25) is 0 Å². The van der Waals surface area contributed by atoms with Crippen LogP contribution in [0.5, 0.6) is 0 Å². The zero-order chi connectivity index (χ0) is 14.0. The van der Waals surface area contributed by atoms with Gasteiger partial charge >= 0.3 is 0 Å². The molecule has 0 saturated heterocycles. The van der Waals surface area contributed by atoms with Gasteiger partial charge in [-0.25, -0.2) is 0 Å². The highest BCUT2D eigenvalue weighted by Gasteiger charge is 2.14. The lowest BCUT2D eigenvalue weighted by Gasteiger charge is -2.05. The Kier molecular flexibility index (Phi) is 4.00. The minimum atomic E-state index is 0.0184. The fraction of sp³-hybridized carbons (Fsp3) is 0.200. The van der Waals surface area contributed by atoms with Crippen molar-refractivity contribution < 1.29 is 4.79 Å². The molecule has 0 bridgehead atoms. The number of halogens is 1. The van der Waals surface area contributed by atoms with E-state index in [0.29, 0.717) is 12.1 Å². The first-order chi connectivity index (χ1) is 9.02. The normalized spacial score (nSPS) is 10.5. The van der Waals surface area contributed by atoms with Crippen LogP contribution in [0.3, 0.4) is 0 Å². The van der Waals surface area contributed by atoms with Gasteiger partial charge in [0.25, 0.3) is 0 Å². The van der Waals surface area contributed by atoms with Crippen molar-refractivity contribution in [3.63, 3.8) is 0 Å². The highest BCUT2D eigenvalue weighted by molar-refractivity contribution is 9.10. The van der Waals surface area contributed by atoms with Crippen LogP contribution in [0.25, 0.3) is 6.08 Å². The zero-order valence-electron chi connectivity index (χ0n) is 11.0. The van der Waals surface area contributed by atoms with Gasteiger partial charge in [-0.3, -0.25) is 9.48 Å². The third kappa shape index (κ3) is 2.84. The quantitative estimate of drug-likeness (QED) is 0.808. The lowest BCUT2D eigenvalue weighted by atomic mass is 10.0. The minimum absolute atomic E-state index is 0.0184. The Morgan fingerprint density at radius 3 is 2.89 bits per heavy atom. The van der Waals surface area contributed by atoms with Gasteiger partial charge in [-0.05, 0) is 36.3 Å². The number of aryl methyl sites for hydroxylation is 1. The second-order valence-electron chi connectivity index (χ2n) is 4.41. The molecule has 0 unspecified atom stereocenters. The summed E-state index contributed by atoms with van der Waals surface area (Å²) in [6.45, 7) is 5.70. The van der Waals surface area contributed by atoms with E-state index in [1.165, 1.54) is 0 Å². The first kappa shape index (κ1) is 13.7. The van der Waals surface area contributed by atoms with Crippen LogP contribution in [0, 0.1) is 6.92 Å². The third-order valence-corrected chi connectivity index (χ3v) is 4.00. The van der Waals surface area contributed by atoms with Gasteiger partial charge < -0.3 is 0 Å². The number of Topliss-reactive ketones (excluding diaryl/α,β-unsaturated/α-hetero) is 1. The van der Waals surface area contributed by atoms with Gasteiger partial charge in [0.1, 0.15) is 5.69 Å². The molecule has 0 aliphatic rings. The Morgan fingerprint density at radius 2 is 2.26 bits per heavy atom. The van der Waals surface area contributed by atoms with Crippen LogP contribution in [0.1, 0.15) is 27.3 Å². The number of nitrogens with zero attached hydrogens (tertiary/aromatic N) is 2. The molecule has 19 heavy (non-hydrogen) atoms. The standard InChI is InChI=1S/C15H15BrN2O/c1-4-12-9-14(17-18(12)3)15(19)8-11-6-5-7-13(16)10(11)2/h4-7,9H,1,8H2,2-3H3. The topological polar surface area (TPSA) is 34.9 Å². The molecule has 0 spiro atoms. The average molecular weight is 319 g/mol.